The van der Waals surface area contributed by atoms with E-state index in [-0.39, 0.29) is 11.5 Å². The van der Waals surface area contributed by atoms with Crippen molar-refractivity contribution < 1.29 is 13.2 Å². The molecule has 0 aromatic rings. The molecular formula is C9H17NO3S. The molecule has 0 aromatic heterocycles. The molecule has 0 aromatic carbocycles. The fourth-order valence-electron chi connectivity index (χ4n) is 1.65. The summed E-state index contributed by atoms with van der Waals surface area (Å²) in [6.45, 7) is 2.15. The molecule has 0 saturated carbocycles. The van der Waals surface area contributed by atoms with Crippen LogP contribution in [0.2, 0.25) is 0 Å². The summed E-state index contributed by atoms with van der Waals surface area (Å²) in [4.78, 5) is 13.1. The van der Waals surface area contributed by atoms with E-state index >= 15 is 0 Å². The number of hydrogen-bond acceptors (Lipinski definition) is 4. The van der Waals surface area contributed by atoms with E-state index < -0.39 is 9.84 Å². The standard InChI is InChI=1S/C9H17NO3S/c1-14(12,13)7-3-6-10-5-2-4-9(11)8-10/h2-8H2,1H3. The van der Waals surface area contributed by atoms with Gasteiger partial charge in [-0.2, -0.15) is 0 Å². The van der Waals surface area contributed by atoms with Crippen LogP contribution < -0.4 is 0 Å². The van der Waals surface area contributed by atoms with E-state index in [1.807, 2.05) is 4.90 Å². The maximum atomic E-state index is 11.1. The highest BCUT2D eigenvalue weighted by Crippen LogP contribution is 2.06. The van der Waals surface area contributed by atoms with E-state index in [0.29, 0.717) is 19.4 Å². The maximum Gasteiger partial charge on any atom is 0.147 e. The molecule has 0 atom stereocenters. The third-order valence-corrected chi connectivity index (χ3v) is 3.35. The normalized spacial score (nSPS) is 19.9. The molecule has 1 saturated heterocycles. The lowest BCUT2D eigenvalue weighted by Crippen LogP contribution is -2.36. The summed E-state index contributed by atoms with van der Waals surface area (Å²) in [5.74, 6) is 0.494. The fourth-order valence-corrected chi connectivity index (χ4v) is 2.30. The van der Waals surface area contributed by atoms with Gasteiger partial charge in [-0.1, -0.05) is 0 Å². The van der Waals surface area contributed by atoms with Crippen LogP contribution in [0.15, 0.2) is 0 Å². The van der Waals surface area contributed by atoms with Crippen LogP contribution in [-0.4, -0.2) is 50.7 Å². The zero-order valence-electron chi connectivity index (χ0n) is 8.53. The molecule has 0 aliphatic carbocycles. The number of ketones is 1. The van der Waals surface area contributed by atoms with Gasteiger partial charge in [0, 0.05) is 12.7 Å². The Bertz CT molecular complexity index is 297. The molecule has 0 bridgehead atoms. The van der Waals surface area contributed by atoms with Crippen LogP contribution >= 0.6 is 0 Å². The molecule has 0 radical (unpaired) electrons. The van der Waals surface area contributed by atoms with Crippen molar-refractivity contribution in [1.29, 1.82) is 0 Å². The predicted molar refractivity (Wildman–Crippen MR) is 55.0 cm³/mol. The number of carbonyl (C=O) groups is 1. The van der Waals surface area contributed by atoms with Crippen molar-refractivity contribution in [1.82, 2.24) is 4.90 Å². The molecule has 1 aliphatic heterocycles. The molecule has 0 spiro atoms. The summed E-state index contributed by atoms with van der Waals surface area (Å²) in [5, 5.41) is 0. The Kier molecular flexibility index (Phi) is 4.07. The number of likely N-dealkylation sites (tertiary alicyclic amines) is 1. The van der Waals surface area contributed by atoms with Gasteiger partial charge in [0.2, 0.25) is 0 Å². The first-order valence-corrected chi connectivity index (χ1v) is 6.95. The number of hydrogen-bond donors (Lipinski definition) is 0. The molecule has 0 amide bonds. The van der Waals surface area contributed by atoms with Crippen molar-refractivity contribution in [2.45, 2.75) is 19.3 Å². The van der Waals surface area contributed by atoms with Crippen LogP contribution in [0.25, 0.3) is 0 Å². The van der Waals surface area contributed by atoms with E-state index in [4.69, 9.17) is 0 Å². The lowest BCUT2D eigenvalue weighted by Gasteiger charge is -2.25. The Balaban J connectivity index is 2.21. The second-order valence-corrected chi connectivity index (χ2v) is 6.16. The molecule has 1 aliphatic rings. The Morgan fingerprint density at radius 1 is 1.43 bits per heavy atom. The largest absolute Gasteiger partial charge is 0.298 e. The van der Waals surface area contributed by atoms with Crippen molar-refractivity contribution in [2.24, 2.45) is 0 Å². The zero-order valence-corrected chi connectivity index (χ0v) is 9.35. The molecule has 5 heteroatoms. The Hall–Kier alpha value is -0.420. The first-order chi connectivity index (χ1) is 6.47. The second-order valence-electron chi connectivity index (χ2n) is 3.90. The smallest absolute Gasteiger partial charge is 0.147 e. The Morgan fingerprint density at radius 3 is 2.71 bits per heavy atom. The molecule has 4 nitrogen and oxygen atoms in total. The first kappa shape index (κ1) is 11.7. The highest BCUT2D eigenvalue weighted by atomic mass is 32.2. The lowest BCUT2D eigenvalue weighted by atomic mass is 10.1. The molecule has 1 fully saturated rings. The van der Waals surface area contributed by atoms with Gasteiger partial charge >= 0.3 is 0 Å². The molecule has 1 heterocycles. The van der Waals surface area contributed by atoms with Crippen LogP contribution in [0, 0.1) is 0 Å². The minimum Gasteiger partial charge on any atom is -0.298 e. The molecule has 1 rings (SSSR count). The maximum absolute atomic E-state index is 11.1. The molecule has 14 heavy (non-hydrogen) atoms. The summed E-state index contributed by atoms with van der Waals surface area (Å²) < 4.78 is 21.7. The minimum absolute atomic E-state index is 0.220. The second kappa shape index (κ2) is 4.89. The number of sulfone groups is 1. The first-order valence-electron chi connectivity index (χ1n) is 4.89. The topological polar surface area (TPSA) is 54.5 Å². The van der Waals surface area contributed by atoms with Crippen molar-refractivity contribution >= 4 is 15.6 Å². The summed E-state index contributed by atoms with van der Waals surface area (Å²) in [6.07, 6.45) is 3.47. The van der Waals surface area contributed by atoms with E-state index in [1.54, 1.807) is 0 Å². The molecular weight excluding hydrogens is 202 g/mol. The number of carbonyl (C=O) groups excluding carboxylic acids is 1. The van der Waals surface area contributed by atoms with E-state index in [9.17, 15) is 13.2 Å². The predicted octanol–water partition coefficient (Wildman–Crippen LogP) is 0.0860. The van der Waals surface area contributed by atoms with Gasteiger partial charge < -0.3 is 0 Å². The van der Waals surface area contributed by atoms with Crippen molar-refractivity contribution in [3.8, 4) is 0 Å². The minimum atomic E-state index is -2.85. The summed E-state index contributed by atoms with van der Waals surface area (Å²) in [6, 6.07) is 0. The quantitative estimate of drug-likeness (QED) is 0.672. The van der Waals surface area contributed by atoms with Gasteiger partial charge in [0.05, 0.1) is 12.3 Å². The lowest BCUT2D eigenvalue weighted by molar-refractivity contribution is -0.122. The number of Topliss-reactive ketones (excluding diaryl/α,β-unsaturated/α-hetero) is 1. The van der Waals surface area contributed by atoms with Crippen LogP contribution in [0.1, 0.15) is 19.3 Å². The van der Waals surface area contributed by atoms with E-state index in [0.717, 1.165) is 19.5 Å². The Labute approximate surface area is 85.2 Å². The SMILES string of the molecule is CS(=O)(=O)CCCN1CCCC(=O)C1. The third kappa shape index (κ3) is 4.72. The summed E-state index contributed by atoms with van der Waals surface area (Å²) in [7, 11) is -2.85. The van der Waals surface area contributed by atoms with Crippen LogP contribution in [-0.2, 0) is 14.6 Å². The van der Waals surface area contributed by atoms with Gasteiger partial charge in [-0.25, -0.2) is 8.42 Å². The number of piperidine rings is 1. The number of nitrogens with zero attached hydrogens (tertiary/aromatic N) is 1. The molecule has 0 N–H and O–H groups in total. The monoisotopic (exact) mass is 219 g/mol. The van der Waals surface area contributed by atoms with Gasteiger partial charge in [0.15, 0.2) is 0 Å². The van der Waals surface area contributed by atoms with Crippen LogP contribution in [0.4, 0.5) is 0 Å². The highest BCUT2D eigenvalue weighted by Gasteiger charge is 2.16. The average molecular weight is 219 g/mol. The molecule has 82 valence electrons. The summed E-state index contributed by atoms with van der Waals surface area (Å²) >= 11 is 0. The Morgan fingerprint density at radius 2 is 2.14 bits per heavy atom. The van der Waals surface area contributed by atoms with Gasteiger partial charge in [-0.05, 0) is 25.9 Å². The highest BCUT2D eigenvalue weighted by molar-refractivity contribution is 7.90. The van der Waals surface area contributed by atoms with Gasteiger partial charge in [-0.15, -0.1) is 0 Å². The summed E-state index contributed by atoms with van der Waals surface area (Å²) in [5.41, 5.74) is 0. The van der Waals surface area contributed by atoms with Gasteiger partial charge in [0.25, 0.3) is 0 Å². The van der Waals surface area contributed by atoms with Crippen molar-refractivity contribution in [2.75, 3.05) is 31.6 Å². The van der Waals surface area contributed by atoms with Crippen LogP contribution in [0.3, 0.4) is 0 Å². The van der Waals surface area contributed by atoms with E-state index in [1.165, 1.54) is 6.26 Å². The van der Waals surface area contributed by atoms with Gasteiger partial charge in [0.1, 0.15) is 15.6 Å². The van der Waals surface area contributed by atoms with Crippen molar-refractivity contribution in [3.63, 3.8) is 0 Å². The zero-order chi connectivity index (χ0) is 10.6. The van der Waals surface area contributed by atoms with Gasteiger partial charge in [-0.3, -0.25) is 9.69 Å². The third-order valence-electron chi connectivity index (χ3n) is 2.32. The fraction of sp³-hybridized carbons (Fsp3) is 0.889. The van der Waals surface area contributed by atoms with Crippen LogP contribution in [0.5, 0.6) is 0 Å². The number of rotatable bonds is 4. The van der Waals surface area contributed by atoms with E-state index in [2.05, 4.69) is 0 Å². The molecule has 0 unspecified atom stereocenters. The average Bonchev–Trinajstić information content (AvgIpc) is 2.01. The van der Waals surface area contributed by atoms with Crippen molar-refractivity contribution in [3.05, 3.63) is 0 Å².